The van der Waals surface area contributed by atoms with Crippen LogP contribution in [0.4, 0.5) is 5.69 Å². The number of ether oxygens (including phenoxy) is 2. The van der Waals surface area contributed by atoms with Crippen LogP contribution in [0.2, 0.25) is 0 Å². The molecular formula is C17H26N2O2. The van der Waals surface area contributed by atoms with E-state index in [-0.39, 0.29) is 6.04 Å². The molecule has 4 heteroatoms. The van der Waals surface area contributed by atoms with E-state index in [2.05, 4.69) is 37.8 Å². The van der Waals surface area contributed by atoms with Crippen LogP contribution in [0.5, 0.6) is 11.5 Å². The molecule has 0 aliphatic carbocycles. The summed E-state index contributed by atoms with van der Waals surface area (Å²) in [4.78, 5) is 2.40. The first-order valence-corrected chi connectivity index (χ1v) is 7.81. The first-order chi connectivity index (χ1) is 9.90. The minimum absolute atomic E-state index is 0.247. The number of nitrogens with zero attached hydrogens (tertiary/aromatic N) is 1. The molecule has 0 amide bonds. The molecule has 2 aliphatic rings. The van der Waals surface area contributed by atoms with Crippen LogP contribution < -0.4 is 20.1 Å². The van der Waals surface area contributed by atoms with Crippen molar-refractivity contribution in [3.63, 3.8) is 0 Å². The van der Waals surface area contributed by atoms with Gasteiger partial charge >= 0.3 is 0 Å². The van der Waals surface area contributed by atoms with E-state index in [0.29, 0.717) is 18.1 Å². The minimum Gasteiger partial charge on any atom is -0.454 e. The summed E-state index contributed by atoms with van der Waals surface area (Å²) in [6.45, 7) is 9.23. The molecule has 21 heavy (non-hydrogen) atoms. The second kappa shape index (κ2) is 5.41. The molecule has 0 spiro atoms. The van der Waals surface area contributed by atoms with Gasteiger partial charge in [0.25, 0.3) is 0 Å². The highest BCUT2D eigenvalue weighted by atomic mass is 16.7. The molecule has 1 saturated heterocycles. The zero-order chi connectivity index (χ0) is 15.0. The fourth-order valence-corrected chi connectivity index (χ4v) is 3.55. The Bertz CT molecular complexity index is 510. The second-order valence-corrected chi connectivity index (χ2v) is 7.57. The van der Waals surface area contributed by atoms with Gasteiger partial charge < -0.3 is 20.1 Å². The maximum absolute atomic E-state index is 6.29. The summed E-state index contributed by atoms with van der Waals surface area (Å²) < 4.78 is 10.9. The zero-order valence-electron chi connectivity index (χ0n) is 13.3. The molecule has 2 N–H and O–H groups in total. The third kappa shape index (κ3) is 3.43. The van der Waals surface area contributed by atoms with Gasteiger partial charge in [0.05, 0.1) is 0 Å². The fraction of sp³-hybridized carbons (Fsp3) is 0.647. The molecule has 116 valence electrons. The quantitative estimate of drug-likeness (QED) is 0.909. The van der Waals surface area contributed by atoms with E-state index >= 15 is 0 Å². The van der Waals surface area contributed by atoms with Crippen molar-refractivity contribution in [1.82, 2.24) is 0 Å². The molecule has 2 aliphatic heterocycles. The molecule has 3 rings (SSSR count). The molecule has 2 heterocycles. The highest BCUT2D eigenvalue weighted by Crippen LogP contribution is 2.37. The Balaban J connectivity index is 1.75. The predicted octanol–water partition coefficient (Wildman–Crippen LogP) is 3.01. The van der Waals surface area contributed by atoms with Gasteiger partial charge in [-0.3, -0.25) is 0 Å². The molecule has 1 aromatic carbocycles. The lowest BCUT2D eigenvalue weighted by molar-refractivity contribution is 0.174. The van der Waals surface area contributed by atoms with Gasteiger partial charge in [-0.25, -0.2) is 0 Å². The van der Waals surface area contributed by atoms with Crippen LogP contribution >= 0.6 is 0 Å². The number of hydrogen-bond acceptors (Lipinski definition) is 4. The number of piperidine rings is 1. The Labute approximate surface area is 127 Å². The average Bonchev–Trinajstić information content (AvgIpc) is 2.82. The van der Waals surface area contributed by atoms with E-state index in [9.17, 15) is 0 Å². The van der Waals surface area contributed by atoms with Gasteiger partial charge in [-0.15, -0.1) is 0 Å². The highest BCUT2D eigenvalue weighted by molar-refractivity contribution is 5.57. The summed E-state index contributed by atoms with van der Waals surface area (Å²) in [6.07, 6.45) is 2.33. The topological polar surface area (TPSA) is 47.7 Å². The van der Waals surface area contributed by atoms with Crippen molar-refractivity contribution < 1.29 is 9.47 Å². The summed E-state index contributed by atoms with van der Waals surface area (Å²) in [6, 6.07) is 6.43. The first kappa shape index (κ1) is 14.5. The largest absolute Gasteiger partial charge is 0.454 e. The van der Waals surface area contributed by atoms with Crippen LogP contribution in [-0.2, 0) is 0 Å². The van der Waals surface area contributed by atoms with E-state index in [1.165, 1.54) is 12.1 Å². The lowest BCUT2D eigenvalue weighted by Crippen LogP contribution is -2.47. The van der Waals surface area contributed by atoms with Gasteiger partial charge in [-0.2, -0.15) is 0 Å². The van der Waals surface area contributed by atoms with Gasteiger partial charge in [0.15, 0.2) is 11.5 Å². The number of benzene rings is 1. The average molecular weight is 290 g/mol. The maximum atomic E-state index is 6.29. The molecule has 4 nitrogen and oxygen atoms in total. The maximum Gasteiger partial charge on any atom is 0.231 e. The minimum atomic E-state index is 0.247. The van der Waals surface area contributed by atoms with Crippen molar-refractivity contribution >= 4 is 5.69 Å². The number of fused-ring (bicyclic) bond motifs is 1. The molecule has 0 saturated carbocycles. The predicted molar refractivity (Wildman–Crippen MR) is 84.9 cm³/mol. The van der Waals surface area contributed by atoms with Gasteiger partial charge in [0, 0.05) is 30.9 Å². The van der Waals surface area contributed by atoms with Gasteiger partial charge in [0.2, 0.25) is 6.79 Å². The molecular weight excluding hydrogens is 264 g/mol. The van der Waals surface area contributed by atoms with E-state index in [4.69, 9.17) is 15.2 Å². The Morgan fingerprint density at radius 2 is 1.95 bits per heavy atom. The smallest absolute Gasteiger partial charge is 0.231 e. The van der Waals surface area contributed by atoms with Crippen LogP contribution in [0.25, 0.3) is 0 Å². The lowest BCUT2D eigenvalue weighted by Gasteiger charge is -2.40. The Morgan fingerprint density at radius 1 is 1.19 bits per heavy atom. The number of rotatable bonds is 2. The number of hydrogen-bond donors (Lipinski definition) is 1. The SMILES string of the molecule is CC(C)(C)CC1CC(N)CN(c2ccc3c(c2)OCO3)C1. The number of anilines is 1. The van der Waals surface area contributed by atoms with Crippen LogP contribution in [0, 0.1) is 11.3 Å². The van der Waals surface area contributed by atoms with Crippen molar-refractivity contribution in [2.45, 2.75) is 39.7 Å². The van der Waals surface area contributed by atoms with Crippen LogP contribution in [0.15, 0.2) is 18.2 Å². The Morgan fingerprint density at radius 3 is 2.71 bits per heavy atom. The monoisotopic (exact) mass is 290 g/mol. The third-order valence-electron chi connectivity index (χ3n) is 4.19. The third-order valence-corrected chi connectivity index (χ3v) is 4.19. The summed E-state index contributed by atoms with van der Waals surface area (Å²) in [7, 11) is 0. The summed E-state index contributed by atoms with van der Waals surface area (Å²) in [5.74, 6) is 2.34. The van der Waals surface area contributed by atoms with Crippen molar-refractivity contribution in [1.29, 1.82) is 0 Å². The van der Waals surface area contributed by atoms with Crippen LogP contribution in [0.3, 0.4) is 0 Å². The molecule has 2 unspecified atom stereocenters. The summed E-state index contributed by atoms with van der Waals surface area (Å²) in [5.41, 5.74) is 7.82. The van der Waals surface area contributed by atoms with Gasteiger partial charge in [-0.1, -0.05) is 20.8 Å². The van der Waals surface area contributed by atoms with E-state index in [1.807, 2.05) is 6.07 Å². The fourth-order valence-electron chi connectivity index (χ4n) is 3.55. The Hall–Kier alpha value is -1.42. The van der Waals surface area contributed by atoms with E-state index < -0.39 is 0 Å². The molecule has 2 atom stereocenters. The lowest BCUT2D eigenvalue weighted by atomic mass is 9.80. The molecule has 0 aromatic heterocycles. The Kier molecular flexibility index (Phi) is 3.74. The molecule has 0 radical (unpaired) electrons. The molecule has 1 aromatic rings. The molecule has 1 fully saturated rings. The molecule has 0 bridgehead atoms. The summed E-state index contributed by atoms with van der Waals surface area (Å²) >= 11 is 0. The van der Waals surface area contributed by atoms with Gasteiger partial charge in [-0.05, 0) is 36.3 Å². The van der Waals surface area contributed by atoms with E-state index in [1.54, 1.807) is 0 Å². The van der Waals surface area contributed by atoms with Crippen molar-refractivity contribution in [2.24, 2.45) is 17.1 Å². The number of nitrogens with two attached hydrogens (primary N) is 1. The highest BCUT2D eigenvalue weighted by Gasteiger charge is 2.29. The van der Waals surface area contributed by atoms with Crippen molar-refractivity contribution in [3.8, 4) is 11.5 Å². The standard InChI is InChI=1S/C17H26N2O2/c1-17(2,3)8-12-6-13(18)10-19(9-12)14-4-5-15-16(7-14)21-11-20-15/h4-5,7,12-13H,6,8-11,18H2,1-3H3. The van der Waals surface area contributed by atoms with Crippen LogP contribution in [0.1, 0.15) is 33.6 Å². The van der Waals surface area contributed by atoms with E-state index in [0.717, 1.165) is 31.0 Å². The second-order valence-electron chi connectivity index (χ2n) is 7.57. The van der Waals surface area contributed by atoms with Crippen molar-refractivity contribution in [3.05, 3.63) is 18.2 Å². The van der Waals surface area contributed by atoms with Crippen molar-refractivity contribution in [2.75, 3.05) is 24.8 Å². The summed E-state index contributed by atoms with van der Waals surface area (Å²) in [5, 5.41) is 0. The zero-order valence-corrected chi connectivity index (χ0v) is 13.3. The normalized spacial score (nSPS) is 25.2. The van der Waals surface area contributed by atoms with Gasteiger partial charge in [0.1, 0.15) is 0 Å². The van der Waals surface area contributed by atoms with Crippen LogP contribution in [-0.4, -0.2) is 25.9 Å². The first-order valence-electron chi connectivity index (χ1n) is 7.81.